The van der Waals surface area contributed by atoms with Crippen LogP contribution in [0.15, 0.2) is 261 Å². The van der Waals surface area contributed by atoms with Gasteiger partial charge in [0.25, 0.3) is 0 Å². The number of benzene rings is 10. The van der Waals surface area contributed by atoms with Crippen molar-refractivity contribution in [1.29, 1.82) is 0 Å². The molecule has 3 atom stereocenters. The Kier molecular flexibility index (Phi) is 33.4. The number of morpholine rings is 2. The molecule has 0 radical (unpaired) electrons. The van der Waals surface area contributed by atoms with E-state index in [1.807, 2.05) is 53.1 Å². The van der Waals surface area contributed by atoms with Crippen LogP contribution in [0.4, 0.5) is 28.4 Å². The average Bonchev–Trinajstić information content (AvgIpc) is 1.60. The van der Waals surface area contributed by atoms with E-state index in [4.69, 9.17) is 48.2 Å². The van der Waals surface area contributed by atoms with Gasteiger partial charge in [0.1, 0.15) is 0 Å². The maximum absolute atomic E-state index is 6.19. The topological polar surface area (TPSA) is 34.7 Å². The zero-order valence-electron chi connectivity index (χ0n) is 73.6. The second kappa shape index (κ2) is 42.9. The van der Waals surface area contributed by atoms with Crippen molar-refractivity contribution in [2.24, 2.45) is 0 Å². The summed E-state index contributed by atoms with van der Waals surface area (Å²) in [6, 6.07) is 88.4. The van der Waals surface area contributed by atoms with Crippen LogP contribution >= 0.6 is 38.8 Å². The van der Waals surface area contributed by atoms with Gasteiger partial charge in [0.05, 0.1) is 13.2 Å². The third kappa shape index (κ3) is 22.6. The van der Waals surface area contributed by atoms with E-state index in [0.717, 1.165) is 120 Å². The second-order valence-electron chi connectivity index (χ2n) is 34.5. The Labute approximate surface area is 748 Å². The Bertz CT molecular complexity index is 4730. The van der Waals surface area contributed by atoms with Crippen LogP contribution in [0.3, 0.4) is 0 Å². The molecule has 0 N–H and O–H groups in total. The molecule has 0 amide bonds. The maximum atomic E-state index is 6.19. The molecule has 6 aliphatic rings. The Morgan fingerprint density at radius 3 is 0.967 bits per heavy atom. The Balaban J connectivity index is 0.000000142. The van der Waals surface area contributed by atoms with E-state index >= 15 is 0 Å². The predicted molar refractivity (Wildman–Crippen MR) is 515 cm³/mol. The first kappa shape index (κ1) is 93.4. The number of rotatable bonds is 17. The molecular formula is C107H128Cl4N5O2Ru2-3. The number of ether oxygens (including phenoxy) is 2. The van der Waals surface area contributed by atoms with Crippen molar-refractivity contribution in [2.45, 2.75) is 195 Å². The molecule has 5 fully saturated rings. The van der Waals surface area contributed by atoms with Gasteiger partial charge in [-0.15, -0.1) is 16.2 Å². The van der Waals surface area contributed by atoms with E-state index in [0.29, 0.717) is 0 Å². The van der Waals surface area contributed by atoms with Crippen LogP contribution in [0, 0.1) is 19.6 Å². The Morgan fingerprint density at radius 2 is 0.650 bits per heavy atom. The number of hydrogen-bond donors (Lipinski definition) is 0. The van der Waals surface area contributed by atoms with Crippen molar-refractivity contribution in [3.05, 3.63) is 359 Å². The van der Waals surface area contributed by atoms with Crippen molar-refractivity contribution >= 4 is 87.6 Å². The Morgan fingerprint density at radius 1 is 0.358 bits per heavy atom. The number of anilines is 5. The van der Waals surface area contributed by atoms with E-state index in [1.54, 1.807) is 0 Å². The number of nitrogens with zero attached hydrogens (tertiary/aromatic N) is 5. The van der Waals surface area contributed by atoms with Crippen molar-refractivity contribution in [1.82, 2.24) is 0 Å². The normalized spacial score (nSPS) is 20.0. The summed E-state index contributed by atoms with van der Waals surface area (Å²) >= 11 is -3.64. The molecule has 640 valence electrons. The molecular weight excluding hydrogens is 1730 g/mol. The first-order chi connectivity index (χ1) is 57.7. The number of para-hydroxylation sites is 5. The molecule has 7 nitrogen and oxygen atoms in total. The van der Waals surface area contributed by atoms with Crippen LogP contribution in [-0.4, -0.2) is 77.9 Å². The molecule has 0 spiro atoms. The summed E-state index contributed by atoms with van der Waals surface area (Å²) in [4.78, 5) is 12.4. The molecule has 16 rings (SSSR count). The van der Waals surface area contributed by atoms with Crippen LogP contribution in [0.5, 0.6) is 0 Å². The minimum absolute atomic E-state index is 0.0800. The molecule has 0 saturated carbocycles. The van der Waals surface area contributed by atoms with Gasteiger partial charge >= 0.3 is 229 Å². The van der Waals surface area contributed by atoms with Crippen LogP contribution in [-0.2, 0) is 91.3 Å². The van der Waals surface area contributed by atoms with Gasteiger partial charge in [-0.2, -0.15) is 0 Å². The van der Waals surface area contributed by atoms with Crippen LogP contribution in [0.2, 0.25) is 0 Å². The average molecular weight is 1860 g/mol. The fraction of sp³-hybridized carbons (Fsp3) is 0.355. The second-order valence-corrected chi connectivity index (χ2v) is 46.1. The van der Waals surface area contributed by atoms with Gasteiger partial charge in [0.2, 0.25) is 0 Å². The van der Waals surface area contributed by atoms with E-state index in [1.165, 1.54) is 106 Å². The molecule has 0 bridgehead atoms. The molecule has 120 heavy (non-hydrogen) atoms. The van der Waals surface area contributed by atoms with E-state index in [2.05, 4.69) is 367 Å². The summed E-state index contributed by atoms with van der Waals surface area (Å²) in [5.74, 6) is 0. The monoisotopic (exact) mass is 1860 g/mol. The first-order valence-corrected chi connectivity index (χ1v) is 54.0. The van der Waals surface area contributed by atoms with Crippen molar-refractivity contribution < 1.29 is 36.5 Å². The van der Waals surface area contributed by atoms with Crippen LogP contribution < -0.4 is 24.5 Å². The van der Waals surface area contributed by atoms with Gasteiger partial charge < -0.3 is 24.3 Å². The first-order valence-electron chi connectivity index (χ1n) is 43.2. The summed E-state index contributed by atoms with van der Waals surface area (Å²) in [6.07, 6.45) is 13.9. The number of aryl methyl sites for hydroxylation is 6. The van der Waals surface area contributed by atoms with Gasteiger partial charge in [-0.3, -0.25) is 0 Å². The third-order valence-corrected chi connectivity index (χ3v) is 29.4. The van der Waals surface area contributed by atoms with Gasteiger partial charge in [-0.05, 0) is 144 Å². The number of halogens is 4. The SMILES string of the molecule is C=Cc1ccccc1N1CCOCC1.CCc1cccc(CC)c1N1[CH-]C(C)(c2ccccc2)CC1(C)C.CCc1cccc(CC)c1N1[CH-]C(C)(c2ccccc2)CC1(C)C.CCc1cccc(CC)c1N1[CH-]C(C)(c2ccccc2)CC1(C)C.[Cl][Ru]([Cl])=[CH]c1ccccc1N1CCOCC1.[Cl][Ru]([Cl])=[C]1C=C(c2ccccc2)c2ccccc21. The van der Waals surface area contributed by atoms with Crippen molar-refractivity contribution in [3.8, 4) is 0 Å². The summed E-state index contributed by atoms with van der Waals surface area (Å²) in [7, 11) is 24.2. The molecule has 5 saturated heterocycles. The van der Waals surface area contributed by atoms with E-state index < -0.39 is 27.0 Å². The summed E-state index contributed by atoms with van der Waals surface area (Å²) in [6.45, 7) is 53.3. The zero-order valence-corrected chi connectivity index (χ0v) is 80.1. The van der Waals surface area contributed by atoms with Crippen molar-refractivity contribution in [3.63, 3.8) is 0 Å². The standard InChI is InChI=1S/3C23H30N.C15H10.C12H15NO.C11H13NO.4ClH.2Ru/c3*1-6-18-12-11-13-19(7-2)21(18)24-17-23(5,16-22(24,3)4)20-14-9-8-10-15-20;1-2-6-12(7-3-1)15-11-10-13-8-4-5-9-14(13)15;1-2-11-5-3-4-6-12(11)13-7-9-14-10-8-13;1-10-4-2-3-5-11(10)12-6-8-13-9-7-12;;;;;;/h3*8-15,17H,6-7,16H2,1-5H3;1-9,11H;2-6H,1,7-10H2;1-5H,6-9H2;4*1H;;/q3*-1;;;;;;;;2*+2/p-4. The summed E-state index contributed by atoms with van der Waals surface area (Å²) in [5, 5.41) is 0. The molecule has 5 heterocycles. The molecule has 1 aliphatic carbocycles. The van der Waals surface area contributed by atoms with E-state index in [-0.39, 0.29) is 32.9 Å². The Hall–Kier alpha value is -7.25. The fourth-order valence-corrected chi connectivity index (χ4v) is 23.1. The van der Waals surface area contributed by atoms with Gasteiger partial charge in [-0.1, -0.05) is 255 Å². The van der Waals surface area contributed by atoms with Crippen LogP contribution in [0.25, 0.3) is 11.6 Å². The predicted octanol–water partition coefficient (Wildman–Crippen LogP) is 27.1. The zero-order chi connectivity index (χ0) is 85.8. The number of allylic oxidation sites excluding steroid dienone is 1. The minimum atomic E-state index is -1.88. The summed E-state index contributed by atoms with van der Waals surface area (Å²) < 4.78 is 13.8. The fourth-order valence-electron chi connectivity index (χ4n) is 18.8. The summed E-state index contributed by atoms with van der Waals surface area (Å²) in [5.41, 5.74) is 27.5. The van der Waals surface area contributed by atoms with Gasteiger partial charge in [0.15, 0.2) is 0 Å². The molecule has 13 heteroatoms. The molecule has 10 aromatic carbocycles. The van der Waals surface area contributed by atoms with E-state index in [9.17, 15) is 0 Å². The van der Waals surface area contributed by atoms with Gasteiger partial charge in [-0.25, -0.2) is 19.6 Å². The molecule has 5 aliphatic heterocycles. The van der Waals surface area contributed by atoms with Gasteiger partial charge in [0, 0.05) is 52.5 Å². The number of hydrogen-bond acceptors (Lipinski definition) is 7. The molecule has 10 aromatic rings. The quantitative estimate of drug-likeness (QED) is 0.0664. The third-order valence-electron chi connectivity index (χ3n) is 24.5. The molecule has 0 aromatic heterocycles. The van der Waals surface area contributed by atoms with Crippen molar-refractivity contribution in [2.75, 3.05) is 77.1 Å². The molecule has 3 unspecified atom stereocenters. The van der Waals surface area contributed by atoms with Crippen LogP contribution in [0.1, 0.15) is 201 Å². The number of fused-ring (bicyclic) bond motifs is 1.